The fourth-order valence-electron chi connectivity index (χ4n) is 1.51. The van der Waals surface area contributed by atoms with Crippen molar-refractivity contribution in [3.63, 3.8) is 0 Å². The maximum atomic E-state index is 13.4. The number of benzene rings is 1. The van der Waals surface area contributed by atoms with Gasteiger partial charge in [0.25, 0.3) is 0 Å². The molecule has 1 unspecified atom stereocenters. The van der Waals surface area contributed by atoms with E-state index in [4.69, 9.17) is 0 Å². The number of hydrogen-bond acceptors (Lipinski definition) is 2. The van der Waals surface area contributed by atoms with Crippen LogP contribution in [0.1, 0.15) is 24.1 Å². The monoisotopic (exact) mass is 219 g/mol. The van der Waals surface area contributed by atoms with Crippen molar-refractivity contribution in [2.75, 3.05) is 5.32 Å². The van der Waals surface area contributed by atoms with Gasteiger partial charge >= 0.3 is 0 Å². The van der Waals surface area contributed by atoms with Crippen LogP contribution < -0.4 is 5.32 Å². The smallest absolute Gasteiger partial charge is 0.200 e. The second-order valence-electron chi connectivity index (χ2n) is 3.81. The molecule has 2 N–H and O–H groups in total. The third kappa shape index (κ3) is 2.21. The molecule has 84 valence electrons. The highest BCUT2D eigenvalue weighted by molar-refractivity contribution is 5.33. The molecule has 0 aliphatic rings. The fraction of sp³-hybridized carbons (Fsp3) is 0.250. The van der Waals surface area contributed by atoms with Gasteiger partial charge in [0.2, 0.25) is 5.95 Å². The molecule has 4 heteroatoms. The Kier molecular flexibility index (Phi) is 2.90. The van der Waals surface area contributed by atoms with E-state index in [1.54, 1.807) is 31.5 Å². The van der Waals surface area contributed by atoms with Gasteiger partial charge in [0.15, 0.2) is 0 Å². The molecule has 1 aromatic carbocycles. The number of aromatic nitrogens is 2. The average molecular weight is 219 g/mol. The predicted molar refractivity (Wildman–Crippen MR) is 61.8 cm³/mol. The predicted octanol–water partition coefficient (Wildman–Crippen LogP) is 3.03. The van der Waals surface area contributed by atoms with E-state index in [1.807, 2.05) is 13.0 Å². The minimum atomic E-state index is -0.175. The minimum Gasteiger partial charge on any atom is -0.349 e. The van der Waals surface area contributed by atoms with E-state index in [0.29, 0.717) is 11.5 Å². The third-order valence-electron chi connectivity index (χ3n) is 2.55. The van der Waals surface area contributed by atoms with Gasteiger partial charge in [0, 0.05) is 12.4 Å². The van der Waals surface area contributed by atoms with E-state index in [-0.39, 0.29) is 11.9 Å². The van der Waals surface area contributed by atoms with Gasteiger partial charge < -0.3 is 10.3 Å². The van der Waals surface area contributed by atoms with Crippen molar-refractivity contribution in [3.8, 4) is 0 Å². The molecule has 0 fully saturated rings. The summed E-state index contributed by atoms with van der Waals surface area (Å²) in [4.78, 5) is 7.01. The lowest BCUT2D eigenvalue weighted by Crippen LogP contribution is -2.08. The number of halogens is 1. The van der Waals surface area contributed by atoms with Crippen molar-refractivity contribution < 1.29 is 4.39 Å². The van der Waals surface area contributed by atoms with Gasteiger partial charge in [-0.2, -0.15) is 0 Å². The highest BCUT2D eigenvalue weighted by Crippen LogP contribution is 2.19. The van der Waals surface area contributed by atoms with Gasteiger partial charge in [0.05, 0.1) is 6.04 Å². The molecule has 2 rings (SSSR count). The normalized spacial score (nSPS) is 12.4. The van der Waals surface area contributed by atoms with E-state index < -0.39 is 0 Å². The summed E-state index contributed by atoms with van der Waals surface area (Å²) in [5, 5.41) is 3.15. The highest BCUT2D eigenvalue weighted by atomic mass is 19.1. The maximum Gasteiger partial charge on any atom is 0.200 e. The lowest BCUT2D eigenvalue weighted by molar-refractivity contribution is 0.614. The quantitative estimate of drug-likeness (QED) is 0.833. The molecule has 1 aromatic heterocycles. The Bertz CT molecular complexity index is 465. The van der Waals surface area contributed by atoms with E-state index >= 15 is 0 Å². The summed E-state index contributed by atoms with van der Waals surface area (Å²) in [6.07, 6.45) is 3.41. The number of aryl methyl sites for hydroxylation is 1. The van der Waals surface area contributed by atoms with E-state index in [0.717, 1.165) is 5.56 Å². The number of nitrogens with one attached hydrogen (secondary N) is 2. The van der Waals surface area contributed by atoms with Gasteiger partial charge in [-0.1, -0.05) is 12.1 Å². The van der Waals surface area contributed by atoms with Crippen molar-refractivity contribution in [1.29, 1.82) is 0 Å². The minimum absolute atomic E-state index is 0.0150. The van der Waals surface area contributed by atoms with Crippen LogP contribution in [0.15, 0.2) is 30.6 Å². The number of rotatable bonds is 3. The van der Waals surface area contributed by atoms with Crippen LogP contribution in [0, 0.1) is 12.7 Å². The second kappa shape index (κ2) is 4.35. The molecule has 1 heterocycles. The summed E-state index contributed by atoms with van der Waals surface area (Å²) in [6.45, 7) is 3.72. The summed E-state index contributed by atoms with van der Waals surface area (Å²) >= 11 is 0. The highest BCUT2D eigenvalue weighted by Gasteiger charge is 2.08. The first-order chi connectivity index (χ1) is 7.66. The Balaban J connectivity index is 2.14. The Morgan fingerprint density at radius 2 is 2.25 bits per heavy atom. The molecule has 0 saturated heterocycles. The SMILES string of the molecule is Cc1ccc(C(C)Nc2ncc[nH]2)cc1F. The summed E-state index contributed by atoms with van der Waals surface area (Å²) in [6, 6.07) is 5.26. The van der Waals surface area contributed by atoms with Crippen LogP contribution in [-0.4, -0.2) is 9.97 Å². The zero-order valence-electron chi connectivity index (χ0n) is 9.29. The average Bonchev–Trinajstić information content (AvgIpc) is 2.74. The van der Waals surface area contributed by atoms with Gasteiger partial charge in [-0.3, -0.25) is 0 Å². The first-order valence-corrected chi connectivity index (χ1v) is 5.19. The van der Waals surface area contributed by atoms with Crippen LogP contribution >= 0.6 is 0 Å². The molecule has 0 radical (unpaired) electrons. The number of imidazole rings is 1. The van der Waals surface area contributed by atoms with Crippen LogP contribution in [0.25, 0.3) is 0 Å². The fourth-order valence-corrected chi connectivity index (χ4v) is 1.51. The van der Waals surface area contributed by atoms with Crippen molar-refractivity contribution in [2.45, 2.75) is 19.9 Å². The van der Waals surface area contributed by atoms with Crippen LogP contribution in [-0.2, 0) is 0 Å². The Hall–Kier alpha value is -1.84. The summed E-state index contributed by atoms with van der Waals surface area (Å²) in [5.41, 5.74) is 1.56. The Morgan fingerprint density at radius 1 is 1.44 bits per heavy atom. The number of anilines is 1. The molecule has 0 saturated carbocycles. The topological polar surface area (TPSA) is 40.7 Å². The van der Waals surface area contributed by atoms with Crippen LogP contribution in [0.2, 0.25) is 0 Å². The maximum absolute atomic E-state index is 13.4. The molecule has 0 bridgehead atoms. The van der Waals surface area contributed by atoms with Crippen LogP contribution in [0.3, 0.4) is 0 Å². The van der Waals surface area contributed by atoms with Crippen molar-refractivity contribution in [1.82, 2.24) is 9.97 Å². The number of H-pyrrole nitrogens is 1. The molecule has 3 nitrogen and oxygen atoms in total. The molecule has 1 atom stereocenters. The molecule has 16 heavy (non-hydrogen) atoms. The summed E-state index contributed by atoms with van der Waals surface area (Å²) in [5.74, 6) is 0.513. The lowest BCUT2D eigenvalue weighted by atomic mass is 10.1. The third-order valence-corrected chi connectivity index (χ3v) is 2.55. The molecular weight excluding hydrogens is 205 g/mol. The zero-order chi connectivity index (χ0) is 11.5. The molecule has 2 aromatic rings. The number of hydrogen-bond donors (Lipinski definition) is 2. The summed E-state index contributed by atoms with van der Waals surface area (Å²) in [7, 11) is 0. The van der Waals surface area contributed by atoms with Gasteiger partial charge in [-0.15, -0.1) is 0 Å². The molecule has 0 spiro atoms. The van der Waals surface area contributed by atoms with E-state index in [9.17, 15) is 4.39 Å². The summed E-state index contributed by atoms with van der Waals surface area (Å²) < 4.78 is 13.4. The van der Waals surface area contributed by atoms with Crippen LogP contribution in [0.5, 0.6) is 0 Å². The number of nitrogens with zero attached hydrogens (tertiary/aromatic N) is 1. The largest absolute Gasteiger partial charge is 0.349 e. The zero-order valence-corrected chi connectivity index (χ0v) is 9.29. The standard InChI is InChI=1S/C12H14FN3/c1-8-3-4-10(7-11(8)13)9(2)16-12-14-5-6-15-12/h3-7,9H,1-2H3,(H2,14,15,16). The van der Waals surface area contributed by atoms with Gasteiger partial charge in [0.1, 0.15) is 5.82 Å². The molecule has 0 amide bonds. The number of aromatic amines is 1. The second-order valence-corrected chi connectivity index (χ2v) is 3.81. The first kappa shape index (κ1) is 10.7. The molecule has 0 aliphatic heterocycles. The van der Waals surface area contributed by atoms with E-state index in [1.165, 1.54) is 0 Å². The van der Waals surface area contributed by atoms with Crippen LogP contribution in [0.4, 0.5) is 10.3 Å². The van der Waals surface area contributed by atoms with Gasteiger partial charge in [-0.05, 0) is 31.0 Å². The van der Waals surface area contributed by atoms with E-state index in [2.05, 4.69) is 15.3 Å². The molecular formula is C12H14FN3. The first-order valence-electron chi connectivity index (χ1n) is 5.19. The van der Waals surface area contributed by atoms with Gasteiger partial charge in [-0.25, -0.2) is 9.37 Å². The lowest BCUT2D eigenvalue weighted by Gasteiger charge is -2.13. The van der Waals surface area contributed by atoms with Crippen molar-refractivity contribution in [2.24, 2.45) is 0 Å². The Morgan fingerprint density at radius 3 is 2.88 bits per heavy atom. The van der Waals surface area contributed by atoms with Crippen molar-refractivity contribution in [3.05, 3.63) is 47.5 Å². The Labute approximate surface area is 93.7 Å². The molecule has 0 aliphatic carbocycles. The van der Waals surface area contributed by atoms with Crippen molar-refractivity contribution >= 4 is 5.95 Å².